The third kappa shape index (κ3) is 4.52. The van der Waals surface area contributed by atoms with Crippen LogP contribution in [0.5, 0.6) is 0 Å². The Balaban J connectivity index is 2.52. The first-order chi connectivity index (χ1) is 8.43. The van der Waals surface area contributed by atoms with Crippen LogP contribution in [0.3, 0.4) is 0 Å². The van der Waals surface area contributed by atoms with Crippen molar-refractivity contribution in [2.24, 2.45) is 5.41 Å². The predicted molar refractivity (Wildman–Crippen MR) is 75.9 cm³/mol. The minimum absolute atomic E-state index is 0.0229. The smallest absolute Gasteiger partial charge is 0.0874 e. The Kier molecular flexibility index (Phi) is 6.09. The van der Waals surface area contributed by atoms with Gasteiger partial charge in [0.2, 0.25) is 0 Å². The first-order valence-electron chi connectivity index (χ1n) is 7.24. The van der Waals surface area contributed by atoms with Gasteiger partial charge >= 0.3 is 0 Å². The van der Waals surface area contributed by atoms with Crippen LogP contribution in [0.15, 0.2) is 0 Å². The van der Waals surface area contributed by atoms with Gasteiger partial charge in [-0.15, -0.1) is 0 Å². The van der Waals surface area contributed by atoms with Crippen molar-refractivity contribution in [2.45, 2.75) is 64.5 Å². The molecular formula is C15H31NO2. The van der Waals surface area contributed by atoms with Gasteiger partial charge in [0.05, 0.1) is 5.60 Å². The van der Waals surface area contributed by atoms with Crippen LogP contribution in [0, 0.1) is 5.41 Å². The summed E-state index contributed by atoms with van der Waals surface area (Å²) >= 11 is 0. The quantitative estimate of drug-likeness (QED) is 0.793. The molecule has 3 heteroatoms. The summed E-state index contributed by atoms with van der Waals surface area (Å²) < 4.78 is 11.3. The standard InChI is InChI=1S/C15H31NO2/c1-14(2,3)8-6-7-13(16-4)15(17-5)9-11-18-12-10-15/h13,16H,6-12H2,1-5H3. The van der Waals surface area contributed by atoms with Gasteiger partial charge in [0.15, 0.2) is 0 Å². The van der Waals surface area contributed by atoms with Crippen LogP contribution >= 0.6 is 0 Å². The summed E-state index contributed by atoms with van der Waals surface area (Å²) in [6, 6.07) is 0.439. The van der Waals surface area contributed by atoms with Crippen molar-refractivity contribution in [2.75, 3.05) is 27.4 Å². The minimum Gasteiger partial charge on any atom is -0.381 e. The molecule has 0 aliphatic carbocycles. The van der Waals surface area contributed by atoms with Gasteiger partial charge in [-0.3, -0.25) is 0 Å². The fourth-order valence-corrected chi connectivity index (χ4v) is 2.92. The first-order valence-corrected chi connectivity index (χ1v) is 7.24. The second kappa shape index (κ2) is 6.88. The Morgan fingerprint density at radius 1 is 1.28 bits per heavy atom. The largest absolute Gasteiger partial charge is 0.381 e. The van der Waals surface area contributed by atoms with E-state index in [1.807, 2.05) is 7.11 Å². The molecule has 108 valence electrons. The summed E-state index contributed by atoms with van der Waals surface area (Å²) in [5, 5.41) is 3.47. The van der Waals surface area contributed by atoms with Crippen LogP contribution in [0.2, 0.25) is 0 Å². The SMILES string of the molecule is CNC(CCCC(C)(C)C)C1(OC)CCOCC1. The van der Waals surface area contributed by atoms with Gasteiger partial charge in [0, 0.05) is 39.2 Å². The fraction of sp³-hybridized carbons (Fsp3) is 1.00. The van der Waals surface area contributed by atoms with Crippen molar-refractivity contribution in [1.29, 1.82) is 0 Å². The molecule has 1 heterocycles. The monoisotopic (exact) mass is 257 g/mol. The molecule has 1 unspecified atom stereocenters. The van der Waals surface area contributed by atoms with Crippen LogP contribution < -0.4 is 5.32 Å². The summed E-state index contributed by atoms with van der Waals surface area (Å²) in [6.07, 6.45) is 5.71. The second-order valence-electron chi connectivity index (χ2n) is 6.68. The Morgan fingerprint density at radius 3 is 2.33 bits per heavy atom. The number of ether oxygens (including phenoxy) is 2. The molecule has 0 aromatic carbocycles. The van der Waals surface area contributed by atoms with E-state index in [0.29, 0.717) is 11.5 Å². The van der Waals surface area contributed by atoms with Gasteiger partial charge in [-0.2, -0.15) is 0 Å². The topological polar surface area (TPSA) is 30.5 Å². The van der Waals surface area contributed by atoms with Gasteiger partial charge in [-0.1, -0.05) is 27.2 Å². The zero-order chi connectivity index (χ0) is 13.6. The van der Waals surface area contributed by atoms with Gasteiger partial charge in [0.1, 0.15) is 0 Å². The van der Waals surface area contributed by atoms with E-state index in [0.717, 1.165) is 26.1 Å². The van der Waals surface area contributed by atoms with Crippen molar-refractivity contribution < 1.29 is 9.47 Å². The third-order valence-corrected chi connectivity index (χ3v) is 4.15. The van der Waals surface area contributed by atoms with E-state index >= 15 is 0 Å². The van der Waals surface area contributed by atoms with E-state index in [9.17, 15) is 0 Å². The number of hydrogen-bond acceptors (Lipinski definition) is 3. The number of hydrogen-bond donors (Lipinski definition) is 1. The molecule has 18 heavy (non-hydrogen) atoms. The maximum Gasteiger partial charge on any atom is 0.0874 e. The van der Waals surface area contributed by atoms with Crippen molar-refractivity contribution >= 4 is 0 Å². The maximum atomic E-state index is 5.87. The van der Waals surface area contributed by atoms with Crippen molar-refractivity contribution in [3.63, 3.8) is 0 Å². The van der Waals surface area contributed by atoms with Crippen LogP contribution in [0.4, 0.5) is 0 Å². The molecule has 1 N–H and O–H groups in total. The molecule has 1 atom stereocenters. The molecule has 0 spiro atoms. The Morgan fingerprint density at radius 2 is 1.89 bits per heavy atom. The highest BCUT2D eigenvalue weighted by Crippen LogP contribution is 2.32. The molecule has 1 saturated heterocycles. The van der Waals surface area contributed by atoms with Gasteiger partial charge in [0.25, 0.3) is 0 Å². The summed E-state index contributed by atoms with van der Waals surface area (Å²) in [7, 11) is 3.90. The second-order valence-corrected chi connectivity index (χ2v) is 6.68. The molecule has 0 radical (unpaired) electrons. The molecule has 1 aliphatic rings. The summed E-state index contributed by atoms with van der Waals surface area (Å²) in [5.41, 5.74) is 0.402. The molecule has 0 aromatic heterocycles. The first kappa shape index (κ1) is 15.9. The van der Waals surface area contributed by atoms with Crippen LogP contribution in [0.25, 0.3) is 0 Å². The zero-order valence-electron chi connectivity index (χ0n) is 12.8. The Bertz CT molecular complexity index is 229. The summed E-state index contributed by atoms with van der Waals surface area (Å²) in [6.45, 7) is 8.57. The number of methoxy groups -OCH3 is 1. The maximum absolute atomic E-state index is 5.87. The molecule has 1 fully saturated rings. The van der Waals surface area contributed by atoms with Crippen molar-refractivity contribution in [1.82, 2.24) is 5.32 Å². The van der Waals surface area contributed by atoms with Crippen LogP contribution in [-0.2, 0) is 9.47 Å². The number of likely N-dealkylation sites (N-methyl/N-ethyl adjacent to an activating group) is 1. The normalized spacial score (nSPS) is 21.8. The van der Waals surface area contributed by atoms with Gasteiger partial charge in [-0.25, -0.2) is 0 Å². The fourth-order valence-electron chi connectivity index (χ4n) is 2.92. The van der Waals surface area contributed by atoms with E-state index in [2.05, 4.69) is 33.1 Å². The molecule has 1 aliphatic heterocycles. The van der Waals surface area contributed by atoms with E-state index in [1.54, 1.807) is 0 Å². The van der Waals surface area contributed by atoms with Gasteiger partial charge < -0.3 is 14.8 Å². The van der Waals surface area contributed by atoms with Crippen LogP contribution in [-0.4, -0.2) is 39.0 Å². The van der Waals surface area contributed by atoms with E-state index < -0.39 is 0 Å². The lowest BCUT2D eigenvalue weighted by Gasteiger charge is -2.42. The highest BCUT2D eigenvalue weighted by Gasteiger charge is 2.39. The summed E-state index contributed by atoms with van der Waals surface area (Å²) in [4.78, 5) is 0. The average Bonchev–Trinajstić information content (AvgIpc) is 2.34. The highest BCUT2D eigenvalue weighted by atomic mass is 16.5. The molecule has 0 bridgehead atoms. The number of rotatable bonds is 6. The molecule has 1 rings (SSSR count). The van der Waals surface area contributed by atoms with Gasteiger partial charge in [-0.05, 0) is 25.3 Å². The van der Waals surface area contributed by atoms with E-state index in [-0.39, 0.29) is 5.60 Å². The predicted octanol–water partition coefficient (Wildman–Crippen LogP) is 2.99. The molecule has 0 saturated carbocycles. The van der Waals surface area contributed by atoms with E-state index in [4.69, 9.17) is 9.47 Å². The Hall–Kier alpha value is -0.120. The molecule has 3 nitrogen and oxygen atoms in total. The lowest BCUT2D eigenvalue weighted by molar-refractivity contribution is -0.111. The lowest BCUT2D eigenvalue weighted by atomic mass is 9.81. The zero-order valence-corrected chi connectivity index (χ0v) is 12.8. The van der Waals surface area contributed by atoms with E-state index in [1.165, 1.54) is 19.3 Å². The minimum atomic E-state index is -0.0229. The lowest BCUT2D eigenvalue weighted by Crippen LogP contribution is -2.54. The third-order valence-electron chi connectivity index (χ3n) is 4.15. The molecular weight excluding hydrogens is 226 g/mol. The average molecular weight is 257 g/mol. The molecule has 0 aromatic rings. The van der Waals surface area contributed by atoms with Crippen LogP contribution in [0.1, 0.15) is 52.9 Å². The summed E-state index contributed by atoms with van der Waals surface area (Å²) in [5.74, 6) is 0. The van der Waals surface area contributed by atoms with Crippen molar-refractivity contribution in [3.8, 4) is 0 Å². The Labute approximate surface area is 113 Å². The number of nitrogens with one attached hydrogen (secondary N) is 1. The molecule has 0 amide bonds. The highest BCUT2D eigenvalue weighted by molar-refractivity contribution is 4.94. The van der Waals surface area contributed by atoms with Crippen molar-refractivity contribution in [3.05, 3.63) is 0 Å².